The van der Waals surface area contributed by atoms with Crippen LogP contribution in [0, 0.1) is 18.3 Å². The minimum atomic E-state index is 0.654. The van der Waals surface area contributed by atoms with Crippen molar-refractivity contribution in [3.8, 4) is 6.07 Å². The first-order valence-electron chi connectivity index (χ1n) is 4.89. The van der Waals surface area contributed by atoms with E-state index in [-0.39, 0.29) is 0 Å². The van der Waals surface area contributed by atoms with E-state index in [2.05, 4.69) is 16.8 Å². The molecule has 13 heavy (non-hydrogen) atoms. The van der Waals surface area contributed by atoms with Crippen molar-refractivity contribution in [1.82, 2.24) is 4.57 Å². The lowest BCUT2D eigenvalue weighted by atomic mass is 10.2. The number of aryl methyl sites for hydroxylation is 1. The molecule has 1 aromatic rings. The molecule has 2 rings (SSSR count). The molecule has 0 radical (unpaired) electrons. The first-order valence-corrected chi connectivity index (χ1v) is 4.89. The largest absolute Gasteiger partial charge is 0.350 e. The van der Waals surface area contributed by atoms with Crippen LogP contribution in [0.1, 0.15) is 42.9 Å². The average molecular weight is 174 g/mol. The summed E-state index contributed by atoms with van der Waals surface area (Å²) in [5.74, 6) is 0. The van der Waals surface area contributed by atoms with E-state index in [1.165, 1.54) is 25.7 Å². The van der Waals surface area contributed by atoms with Gasteiger partial charge in [-0.1, -0.05) is 12.8 Å². The highest BCUT2D eigenvalue weighted by Gasteiger charge is 2.17. The summed E-state index contributed by atoms with van der Waals surface area (Å²) in [6.45, 7) is 2.00. The second kappa shape index (κ2) is 3.26. The van der Waals surface area contributed by atoms with Crippen LogP contribution in [0.5, 0.6) is 0 Å². The molecule has 0 saturated heterocycles. The molecular formula is C11H14N2. The van der Waals surface area contributed by atoms with Crippen LogP contribution in [-0.2, 0) is 0 Å². The van der Waals surface area contributed by atoms with Gasteiger partial charge in [0.2, 0.25) is 0 Å². The standard InChI is InChI=1S/C11H14N2/c1-9-7-13(8-10(9)6-12)11-4-2-3-5-11/h7-8,11H,2-5H2,1H3. The molecule has 0 unspecified atom stereocenters. The number of nitriles is 1. The Bertz CT molecular complexity index is 337. The molecule has 1 fully saturated rings. The van der Waals surface area contributed by atoms with Gasteiger partial charge in [-0.3, -0.25) is 0 Å². The van der Waals surface area contributed by atoms with Crippen LogP contribution in [-0.4, -0.2) is 4.57 Å². The maximum atomic E-state index is 8.81. The predicted molar refractivity (Wildman–Crippen MR) is 51.4 cm³/mol. The smallest absolute Gasteiger partial charge is 0.101 e. The summed E-state index contributed by atoms with van der Waals surface area (Å²) in [5.41, 5.74) is 1.93. The van der Waals surface area contributed by atoms with Crippen LogP contribution in [0.15, 0.2) is 12.4 Å². The van der Waals surface area contributed by atoms with E-state index >= 15 is 0 Å². The fourth-order valence-electron chi connectivity index (χ4n) is 2.11. The Balaban J connectivity index is 2.26. The Morgan fingerprint density at radius 3 is 2.62 bits per heavy atom. The minimum absolute atomic E-state index is 0.654. The zero-order valence-electron chi connectivity index (χ0n) is 7.95. The second-order valence-corrected chi connectivity index (χ2v) is 3.85. The lowest BCUT2D eigenvalue weighted by Gasteiger charge is -2.10. The lowest BCUT2D eigenvalue weighted by Crippen LogP contribution is -2.00. The first kappa shape index (κ1) is 8.37. The molecule has 0 aliphatic heterocycles. The Morgan fingerprint density at radius 1 is 1.38 bits per heavy atom. The summed E-state index contributed by atoms with van der Waals surface area (Å²) in [6, 6.07) is 2.87. The number of hydrogen-bond acceptors (Lipinski definition) is 1. The third-order valence-electron chi connectivity index (χ3n) is 2.91. The normalized spacial score (nSPS) is 17.5. The van der Waals surface area contributed by atoms with Crippen molar-refractivity contribution in [3.05, 3.63) is 23.5 Å². The number of hydrogen-bond donors (Lipinski definition) is 0. The van der Waals surface area contributed by atoms with Crippen molar-refractivity contribution < 1.29 is 0 Å². The zero-order valence-corrected chi connectivity index (χ0v) is 7.95. The van der Waals surface area contributed by atoms with Gasteiger partial charge in [-0.05, 0) is 25.3 Å². The highest BCUT2D eigenvalue weighted by molar-refractivity contribution is 5.34. The Kier molecular flexibility index (Phi) is 2.10. The van der Waals surface area contributed by atoms with Gasteiger partial charge in [0.1, 0.15) is 6.07 Å². The van der Waals surface area contributed by atoms with Crippen molar-refractivity contribution in [2.24, 2.45) is 0 Å². The molecule has 0 N–H and O–H groups in total. The van der Waals surface area contributed by atoms with Gasteiger partial charge < -0.3 is 4.57 Å². The number of aromatic nitrogens is 1. The van der Waals surface area contributed by atoms with Crippen molar-refractivity contribution >= 4 is 0 Å². The Hall–Kier alpha value is -1.23. The molecule has 0 atom stereocenters. The van der Waals surface area contributed by atoms with Gasteiger partial charge >= 0.3 is 0 Å². The van der Waals surface area contributed by atoms with Crippen LogP contribution in [0.4, 0.5) is 0 Å². The third kappa shape index (κ3) is 1.47. The van der Waals surface area contributed by atoms with Crippen molar-refractivity contribution in [3.63, 3.8) is 0 Å². The highest BCUT2D eigenvalue weighted by atomic mass is 15.0. The summed E-state index contributed by atoms with van der Waals surface area (Å²) in [4.78, 5) is 0. The third-order valence-corrected chi connectivity index (χ3v) is 2.91. The quantitative estimate of drug-likeness (QED) is 0.643. The molecule has 1 aliphatic carbocycles. The first-order chi connectivity index (χ1) is 6.31. The van der Waals surface area contributed by atoms with Crippen LogP contribution >= 0.6 is 0 Å². The summed E-state index contributed by atoms with van der Waals surface area (Å²) < 4.78 is 2.22. The molecule has 2 nitrogen and oxygen atoms in total. The molecule has 1 heterocycles. The molecule has 2 heteroatoms. The van der Waals surface area contributed by atoms with Gasteiger partial charge in [-0.2, -0.15) is 5.26 Å². The Labute approximate surface area is 78.8 Å². The molecule has 0 amide bonds. The molecule has 1 aromatic heterocycles. The molecular weight excluding hydrogens is 160 g/mol. The summed E-state index contributed by atoms with van der Waals surface area (Å²) in [5, 5.41) is 8.81. The average Bonchev–Trinajstić information content (AvgIpc) is 2.71. The molecule has 1 aliphatic rings. The predicted octanol–water partition coefficient (Wildman–Crippen LogP) is 2.78. The van der Waals surface area contributed by atoms with Gasteiger partial charge in [0.25, 0.3) is 0 Å². The van der Waals surface area contributed by atoms with Crippen LogP contribution in [0.3, 0.4) is 0 Å². The van der Waals surface area contributed by atoms with E-state index < -0.39 is 0 Å². The van der Waals surface area contributed by atoms with E-state index in [4.69, 9.17) is 5.26 Å². The molecule has 0 aromatic carbocycles. The van der Waals surface area contributed by atoms with Crippen molar-refractivity contribution in [2.75, 3.05) is 0 Å². The van der Waals surface area contributed by atoms with E-state index in [1.807, 2.05) is 13.1 Å². The summed E-state index contributed by atoms with van der Waals surface area (Å²) >= 11 is 0. The maximum absolute atomic E-state index is 8.81. The molecule has 0 spiro atoms. The van der Waals surface area contributed by atoms with E-state index in [0.29, 0.717) is 6.04 Å². The van der Waals surface area contributed by atoms with E-state index in [1.54, 1.807) is 0 Å². The number of rotatable bonds is 1. The minimum Gasteiger partial charge on any atom is -0.350 e. The molecule has 68 valence electrons. The van der Waals surface area contributed by atoms with Gasteiger partial charge in [-0.15, -0.1) is 0 Å². The fraction of sp³-hybridized carbons (Fsp3) is 0.545. The fourth-order valence-corrected chi connectivity index (χ4v) is 2.11. The van der Waals surface area contributed by atoms with Crippen molar-refractivity contribution in [2.45, 2.75) is 38.6 Å². The second-order valence-electron chi connectivity index (χ2n) is 3.85. The van der Waals surface area contributed by atoms with Gasteiger partial charge in [0.15, 0.2) is 0 Å². The maximum Gasteiger partial charge on any atom is 0.101 e. The van der Waals surface area contributed by atoms with Crippen LogP contribution in [0.2, 0.25) is 0 Å². The Morgan fingerprint density at radius 2 is 2.08 bits per heavy atom. The zero-order chi connectivity index (χ0) is 9.26. The van der Waals surface area contributed by atoms with Crippen molar-refractivity contribution in [1.29, 1.82) is 5.26 Å². The molecule has 1 saturated carbocycles. The van der Waals surface area contributed by atoms with Gasteiger partial charge in [0, 0.05) is 18.4 Å². The lowest BCUT2D eigenvalue weighted by molar-refractivity contribution is 0.520. The van der Waals surface area contributed by atoms with Gasteiger partial charge in [0.05, 0.1) is 5.56 Å². The van der Waals surface area contributed by atoms with Crippen LogP contribution < -0.4 is 0 Å². The summed E-state index contributed by atoms with van der Waals surface area (Å²) in [6.07, 6.45) is 9.32. The monoisotopic (exact) mass is 174 g/mol. The molecule has 0 bridgehead atoms. The van der Waals surface area contributed by atoms with Gasteiger partial charge in [-0.25, -0.2) is 0 Å². The highest BCUT2D eigenvalue weighted by Crippen LogP contribution is 2.30. The van der Waals surface area contributed by atoms with E-state index in [9.17, 15) is 0 Å². The van der Waals surface area contributed by atoms with E-state index in [0.717, 1.165) is 11.1 Å². The SMILES string of the molecule is Cc1cn(C2CCCC2)cc1C#N. The van der Waals surface area contributed by atoms with Crippen LogP contribution in [0.25, 0.3) is 0 Å². The topological polar surface area (TPSA) is 28.7 Å². The number of nitrogens with zero attached hydrogens (tertiary/aromatic N) is 2. The summed E-state index contributed by atoms with van der Waals surface area (Å²) in [7, 11) is 0.